The summed E-state index contributed by atoms with van der Waals surface area (Å²) in [5, 5.41) is 1.05. The van der Waals surface area contributed by atoms with Gasteiger partial charge in [-0.25, -0.2) is 0 Å². The smallest absolute Gasteiger partial charge is 0.219 e. The summed E-state index contributed by atoms with van der Waals surface area (Å²) in [6.45, 7) is 8.81. The Bertz CT molecular complexity index is 1050. The molecule has 2 aliphatic heterocycles. The van der Waals surface area contributed by atoms with Crippen molar-refractivity contribution >= 4 is 16.7 Å². The van der Waals surface area contributed by atoms with Crippen LogP contribution in [0.1, 0.15) is 27.2 Å². The SMILES string of the molecule is Cc1[nH]c2ccccc2c1C(=O)C[NH+]1CC[NH+](Cc2ccc3c(c2)CCO3)CC1. The van der Waals surface area contributed by atoms with E-state index in [1.165, 1.54) is 16.0 Å². The van der Waals surface area contributed by atoms with Crippen molar-refractivity contribution < 1.29 is 19.3 Å². The zero-order chi connectivity index (χ0) is 19.8. The molecule has 2 aromatic carbocycles. The topological polar surface area (TPSA) is 51.0 Å². The Morgan fingerprint density at radius 1 is 1.07 bits per heavy atom. The van der Waals surface area contributed by atoms with Crippen LogP contribution in [0.4, 0.5) is 0 Å². The highest BCUT2D eigenvalue weighted by Crippen LogP contribution is 2.25. The fourth-order valence-corrected chi connectivity index (χ4v) is 4.90. The van der Waals surface area contributed by atoms with E-state index in [4.69, 9.17) is 4.74 Å². The van der Waals surface area contributed by atoms with Gasteiger partial charge in [-0.15, -0.1) is 0 Å². The summed E-state index contributed by atoms with van der Waals surface area (Å²) in [5.74, 6) is 1.32. The van der Waals surface area contributed by atoms with Crippen molar-refractivity contribution in [2.24, 2.45) is 0 Å². The van der Waals surface area contributed by atoms with Gasteiger partial charge in [-0.2, -0.15) is 0 Å². The minimum atomic E-state index is 0.261. The van der Waals surface area contributed by atoms with E-state index < -0.39 is 0 Å². The van der Waals surface area contributed by atoms with Crippen LogP contribution in [0.2, 0.25) is 0 Å². The van der Waals surface area contributed by atoms with Crippen LogP contribution in [-0.4, -0.2) is 50.1 Å². The van der Waals surface area contributed by atoms with Crippen molar-refractivity contribution in [2.45, 2.75) is 19.9 Å². The van der Waals surface area contributed by atoms with Crippen molar-refractivity contribution in [3.63, 3.8) is 0 Å². The lowest BCUT2D eigenvalue weighted by Gasteiger charge is -2.29. The molecule has 3 N–H and O–H groups in total. The van der Waals surface area contributed by atoms with Crippen LogP contribution in [0.25, 0.3) is 10.9 Å². The fourth-order valence-electron chi connectivity index (χ4n) is 4.90. The summed E-state index contributed by atoms with van der Waals surface area (Å²) in [6.07, 6.45) is 1.03. The van der Waals surface area contributed by atoms with Crippen LogP contribution >= 0.6 is 0 Å². The number of ether oxygens (including phenoxy) is 1. The lowest BCUT2D eigenvalue weighted by atomic mass is 10.1. The van der Waals surface area contributed by atoms with Crippen LogP contribution in [-0.2, 0) is 13.0 Å². The molecule has 0 unspecified atom stereocenters. The number of hydrogen-bond acceptors (Lipinski definition) is 2. The molecule has 0 atom stereocenters. The van der Waals surface area contributed by atoms with Gasteiger partial charge in [0.2, 0.25) is 5.78 Å². The first-order valence-corrected chi connectivity index (χ1v) is 10.7. The number of aromatic amines is 1. The number of carbonyl (C=O) groups is 1. The van der Waals surface area contributed by atoms with E-state index in [9.17, 15) is 4.79 Å². The minimum Gasteiger partial charge on any atom is -0.493 e. The molecule has 0 saturated carbocycles. The largest absolute Gasteiger partial charge is 0.493 e. The molecular weight excluding hydrogens is 362 g/mol. The van der Waals surface area contributed by atoms with Crippen LogP contribution < -0.4 is 14.5 Å². The lowest BCUT2D eigenvalue weighted by Crippen LogP contribution is -3.27. The highest BCUT2D eigenvalue weighted by molar-refractivity contribution is 6.09. The number of quaternary nitrogens is 2. The average molecular weight is 392 g/mol. The normalized spacial score (nSPS) is 21.1. The number of H-pyrrole nitrogens is 1. The van der Waals surface area contributed by atoms with Gasteiger partial charge in [-0.05, 0) is 36.8 Å². The molecular formula is C24H29N3O2+2. The number of ketones is 1. The Morgan fingerprint density at radius 3 is 2.72 bits per heavy atom. The van der Waals surface area contributed by atoms with Crippen molar-refractivity contribution in [3.05, 3.63) is 64.8 Å². The fraction of sp³-hybridized carbons (Fsp3) is 0.375. The van der Waals surface area contributed by atoms with Crippen LogP contribution in [0, 0.1) is 6.92 Å². The molecule has 5 rings (SSSR count). The summed E-state index contributed by atoms with van der Waals surface area (Å²) in [5.41, 5.74) is 5.67. The molecule has 5 heteroatoms. The first kappa shape index (κ1) is 18.4. The number of piperazine rings is 1. The highest BCUT2D eigenvalue weighted by Gasteiger charge is 2.27. The Kier molecular flexibility index (Phi) is 4.86. The summed E-state index contributed by atoms with van der Waals surface area (Å²) in [4.78, 5) is 19.4. The van der Waals surface area contributed by atoms with Gasteiger partial charge in [0.25, 0.3) is 0 Å². The molecule has 0 aliphatic carbocycles. The molecule has 1 fully saturated rings. The molecule has 29 heavy (non-hydrogen) atoms. The quantitative estimate of drug-likeness (QED) is 0.558. The van der Waals surface area contributed by atoms with Crippen molar-refractivity contribution in [1.82, 2.24) is 4.98 Å². The van der Waals surface area contributed by atoms with E-state index in [1.54, 1.807) is 4.90 Å². The number of Topliss-reactive ketones (excluding diaryl/α,β-unsaturated/α-hetero) is 1. The number of aryl methyl sites for hydroxylation is 1. The van der Waals surface area contributed by atoms with Gasteiger partial charge in [0.1, 0.15) is 45.0 Å². The average Bonchev–Trinajstić information content (AvgIpc) is 3.32. The molecule has 0 radical (unpaired) electrons. The number of benzene rings is 2. The molecule has 0 bridgehead atoms. The van der Waals surface area contributed by atoms with Crippen LogP contribution in [0.15, 0.2) is 42.5 Å². The maximum absolute atomic E-state index is 13.0. The van der Waals surface area contributed by atoms with Crippen molar-refractivity contribution in [2.75, 3.05) is 39.3 Å². The van der Waals surface area contributed by atoms with E-state index in [0.717, 1.165) is 73.7 Å². The van der Waals surface area contributed by atoms with Gasteiger partial charge >= 0.3 is 0 Å². The van der Waals surface area contributed by atoms with Gasteiger partial charge < -0.3 is 19.5 Å². The van der Waals surface area contributed by atoms with Gasteiger partial charge in [0, 0.05) is 28.6 Å². The zero-order valence-corrected chi connectivity index (χ0v) is 17.0. The van der Waals surface area contributed by atoms with Gasteiger partial charge in [0.05, 0.1) is 12.2 Å². The molecule has 150 valence electrons. The predicted octanol–water partition coefficient (Wildman–Crippen LogP) is 0.578. The van der Waals surface area contributed by atoms with Crippen molar-refractivity contribution in [1.29, 1.82) is 0 Å². The maximum Gasteiger partial charge on any atom is 0.219 e. The second kappa shape index (κ2) is 7.65. The standard InChI is InChI=1S/C24H27N3O2/c1-17-24(20-4-2-3-5-21(20)25-17)22(28)16-27-11-9-26(10-12-27)15-18-6-7-23-19(14-18)8-13-29-23/h2-7,14,25H,8-13,15-16H2,1H3/p+2. The summed E-state index contributed by atoms with van der Waals surface area (Å²) < 4.78 is 5.62. The zero-order valence-electron chi connectivity index (χ0n) is 17.0. The van der Waals surface area contributed by atoms with E-state index in [1.807, 2.05) is 31.2 Å². The number of rotatable bonds is 5. The van der Waals surface area contributed by atoms with E-state index in [2.05, 4.69) is 23.2 Å². The number of nitrogens with one attached hydrogen (secondary N) is 3. The first-order valence-electron chi connectivity index (χ1n) is 10.7. The van der Waals surface area contributed by atoms with E-state index in [0.29, 0.717) is 6.54 Å². The molecule has 1 saturated heterocycles. The van der Waals surface area contributed by atoms with Crippen LogP contribution in [0.3, 0.4) is 0 Å². The summed E-state index contributed by atoms with van der Waals surface area (Å²) >= 11 is 0. The molecule has 0 amide bonds. The second-order valence-electron chi connectivity index (χ2n) is 8.49. The Morgan fingerprint density at radius 2 is 1.86 bits per heavy atom. The first-order chi connectivity index (χ1) is 14.2. The van der Waals surface area contributed by atoms with Gasteiger partial charge in [-0.1, -0.05) is 18.2 Å². The second-order valence-corrected chi connectivity index (χ2v) is 8.49. The molecule has 1 aromatic heterocycles. The minimum absolute atomic E-state index is 0.261. The predicted molar refractivity (Wildman–Crippen MR) is 113 cm³/mol. The van der Waals surface area contributed by atoms with E-state index in [-0.39, 0.29) is 5.78 Å². The molecule has 2 aliphatic rings. The molecule has 3 aromatic rings. The number of hydrogen-bond donors (Lipinski definition) is 3. The number of fused-ring (bicyclic) bond motifs is 2. The van der Waals surface area contributed by atoms with Crippen LogP contribution in [0.5, 0.6) is 5.75 Å². The molecule has 0 spiro atoms. The third kappa shape index (κ3) is 3.68. The van der Waals surface area contributed by atoms with Gasteiger partial charge in [-0.3, -0.25) is 4.79 Å². The maximum atomic E-state index is 13.0. The Hall–Kier alpha value is -2.63. The Balaban J connectivity index is 1.19. The molecule has 3 heterocycles. The number of carbonyl (C=O) groups excluding carboxylic acids is 1. The third-order valence-electron chi connectivity index (χ3n) is 6.46. The van der Waals surface area contributed by atoms with Gasteiger partial charge in [0.15, 0.2) is 0 Å². The molecule has 5 nitrogen and oxygen atoms in total. The summed E-state index contributed by atoms with van der Waals surface area (Å²) in [6, 6.07) is 14.8. The monoisotopic (exact) mass is 391 g/mol. The van der Waals surface area contributed by atoms with Crippen molar-refractivity contribution in [3.8, 4) is 5.75 Å². The highest BCUT2D eigenvalue weighted by atomic mass is 16.5. The third-order valence-corrected chi connectivity index (χ3v) is 6.46. The lowest BCUT2D eigenvalue weighted by molar-refractivity contribution is -1.01. The number of aromatic nitrogens is 1. The van der Waals surface area contributed by atoms with E-state index >= 15 is 0 Å². The summed E-state index contributed by atoms with van der Waals surface area (Å²) in [7, 11) is 0. The Labute approximate surface area is 171 Å². The number of para-hydroxylation sites is 1.